The monoisotopic (exact) mass is 397 g/mol. The fraction of sp³-hybridized carbons (Fsp3) is 0.130. The van der Waals surface area contributed by atoms with Crippen LogP contribution in [0.5, 0.6) is 0 Å². The van der Waals surface area contributed by atoms with Crippen LogP contribution in [0.4, 0.5) is 0 Å². The molecular weight excluding hydrogens is 378 g/mol. The van der Waals surface area contributed by atoms with Gasteiger partial charge >= 0.3 is 5.69 Å². The first-order valence-electron chi connectivity index (χ1n) is 9.42. The summed E-state index contributed by atoms with van der Waals surface area (Å²) in [5.74, 6) is 0. The molecule has 4 aromatic rings. The molecule has 0 aliphatic rings. The zero-order valence-corrected chi connectivity index (χ0v) is 16.4. The summed E-state index contributed by atoms with van der Waals surface area (Å²) in [5.41, 5.74) is 2.51. The molecule has 30 heavy (non-hydrogen) atoms. The Kier molecular flexibility index (Phi) is 4.90. The summed E-state index contributed by atoms with van der Waals surface area (Å²) in [6, 6.07) is 16.8. The molecule has 0 atom stereocenters. The number of hydrogen-bond acceptors (Lipinski definition) is 4. The van der Waals surface area contributed by atoms with E-state index in [-0.39, 0.29) is 18.7 Å². The van der Waals surface area contributed by atoms with Crippen LogP contribution in [0.1, 0.15) is 16.7 Å². The van der Waals surface area contributed by atoms with E-state index in [1.807, 2.05) is 43.3 Å². The zero-order valence-electron chi connectivity index (χ0n) is 16.4. The van der Waals surface area contributed by atoms with E-state index in [0.29, 0.717) is 16.8 Å². The van der Waals surface area contributed by atoms with Crippen molar-refractivity contribution in [2.75, 3.05) is 0 Å². The molecule has 148 valence electrons. The van der Waals surface area contributed by atoms with E-state index < -0.39 is 11.2 Å². The van der Waals surface area contributed by atoms with E-state index in [0.717, 1.165) is 15.7 Å². The van der Waals surface area contributed by atoms with E-state index in [2.05, 4.69) is 17.6 Å². The lowest BCUT2D eigenvalue weighted by molar-refractivity contribution is 0.689. The molecular formula is C23H19N5O2. The summed E-state index contributed by atoms with van der Waals surface area (Å²) in [6.45, 7) is 5.94. The number of imidazole rings is 1. The minimum Gasteiger partial charge on any atom is -0.320 e. The second kappa shape index (κ2) is 7.68. The van der Waals surface area contributed by atoms with Crippen molar-refractivity contribution in [2.45, 2.75) is 20.0 Å². The van der Waals surface area contributed by atoms with Crippen LogP contribution < -0.4 is 11.2 Å². The van der Waals surface area contributed by atoms with Gasteiger partial charge in [0, 0.05) is 6.54 Å². The molecule has 0 spiro atoms. The summed E-state index contributed by atoms with van der Waals surface area (Å²) in [4.78, 5) is 30.8. The largest absolute Gasteiger partial charge is 0.337 e. The van der Waals surface area contributed by atoms with Crippen molar-refractivity contribution in [3.63, 3.8) is 0 Å². The quantitative estimate of drug-likeness (QED) is 0.485. The molecule has 0 saturated carbocycles. The molecule has 7 nitrogen and oxygen atoms in total. The van der Waals surface area contributed by atoms with Crippen LogP contribution in [0.2, 0.25) is 0 Å². The van der Waals surface area contributed by atoms with Gasteiger partial charge in [-0.2, -0.15) is 5.26 Å². The Bertz CT molecular complexity index is 1430. The van der Waals surface area contributed by atoms with E-state index in [4.69, 9.17) is 0 Å². The second-order valence-electron chi connectivity index (χ2n) is 6.92. The minimum atomic E-state index is -0.468. The Morgan fingerprint density at radius 3 is 2.60 bits per heavy atom. The lowest BCUT2D eigenvalue weighted by Crippen LogP contribution is -2.40. The number of para-hydroxylation sites is 1. The van der Waals surface area contributed by atoms with Gasteiger partial charge in [0.1, 0.15) is 0 Å². The van der Waals surface area contributed by atoms with Gasteiger partial charge < -0.3 is 4.57 Å². The molecule has 4 rings (SSSR count). The van der Waals surface area contributed by atoms with Crippen molar-refractivity contribution in [2.24, 2.45) is 0 Å². The number of benzene rings is 2. The van der Waals surface area contributed by atoms with Crippen molar-refractivity contribution in [3.8, 4) is 11.8 Å². The fourth-order valence-electron chi connectivity index (χ4n) is 3.57. The van der Waals surface area contributed by atoms with Gasteiger partial charge in [-0.3, -0.25) is 9.36 Å². The Labute approximate surface area is 172 Å². The predicted molar refractivity (Wildman–Crippen MR) is 115 cm³/mol. The zero-order chi connectivity index (χ0) is 21.3. The Balaban J connectivity index is 2.04. The third kappa shape index (κ3) is 3.05. The summed E-state index contributed by atoms with van der Waals surface area (Å²) in [7, 11) is 0. The van der Waals surface area contributed by atoms with E-state index in [1.165, 1.54) is 17.0 Å². The summed E-state index contributed by atoms with van der Waals surface area (Å²) in [5, 5.41) is 9.39. The molecule has 0 aliphatic carbocycles. The summed E-state index contributed by atoms with van der Waals surface area (Å²) < 4.78 is 4.29. The average Bonchev–Trinajstić information content (AvgIpc) is 3.16. The Morgan fingerprint density at radius 2 is 1.87 bits per heavy atom. The van der Waals surface area contributed by atoms with Crippen molar-refractivity contribution in [1.82, 2.24) is 18.7 Å². The van der Waals surface area contributed by atoms with Crippen LogP contribution in [0.3, 0.4) is 0 Å². The fourth-order valence-corrected chi connectivity index (χ4v) is 3.57. The lowest BCUT2D eigenvalue weighted by Gasteiger charge is -2.13. The minimum absolute atomic E-state index is 0.0828. The normalized spacial score (nSPS) is 10.8. The molecule has 2 aromatic carbocycles. The maximum atomic E-state index is 13.2. The van der Waals surface area contributed by atoms with E-state index in [1.54, 1.807) is 16.7 Å². The number of aromatic nitrogens is 4. The maximum absolute atomic E-state index is 13.2. The molecule has 0 bridgehead atoms. The SMILES string of the molecule is C=CCn1c(=O)c2c(ncn2Cc2ccccc2C#N)n(-c2ccccc2C)c1=O. The van der Waals surface area contributed by atoms with Crippen molar-refractivity contribution < 1.29 is 0 Å². The highest BCUT2D eigenvalue weighted by Gasteiger charge is 2.20. The molecule has 2 heterocycles. The maximum Gasteiger partial charge on any atom is 0.337 e. The third-order valence-electron chi connectivity index (χ3n) is 5.05. The van der Waals surface area contributed by atoms with Gasteiger partial charge in [0.25, 0.3) is 5.56 Å². The molecule has 0 saturated heterocycles. The van der Waals surface area contributed by atoms with Crippen LogP contribution in [0.15, 0.2) is 77.1 Å². The van der Waals surface area contributed by atoms with Crippen LogP contribution in [0, 0.1) is 18.3 Å². The van der Waals surface area contributed by atoms with Gasteiger partial charge in [0.15, 0.2) is 11.2 Å². The molecule has 0 fully saturated rings. The molecule has 0 unspecified atom stereocenters. The third-order valence-corrected chi connectivity index (χ3v) is 5.05. The highest BCUT2D eigenvalue weighted by atomic mass is 16.2. The molecule has 2 aromatic heterocycles. The van der Waals surface area contributed by atoms with Gasteiger partial charge in [-0.25, -0.2) is 14.3 Å². The smallest absolute Gasteiger partial charge is 0.320 e. The second-order valence-corrected chi connectivity index (χ2v) is 6.92. The number of hydrogen-bond donors (Lipinski definition) is 0. The Hall–Kier alpha value is -4.18. The average molecular weight is 397 g/mol. The van der Waals surface area contributed by atoms with Gasteiger partial charge in [-0.15, -0.1) is 6.58 Å². The lowest BCUT2D eigenvalue weighted by atomic mass is 10.1. The first kappa shape index (κ1) is 19.2. The van der Waals surface area contributed by atoms with Crippen molar-refractivity contribution >= 4 is 11.2 Å². The first-order chi connectivity index (χ1) is 14.6. The van der Waals surface area contributed by atoms with Gasteiger partial charge in [0.05, 0.1) is 30.2 Å². The molecule has 0 amide bonds. The van der Waals surface area contributed by atoms with E-state index in [9.17, 15) is 14.9 Å². The number of nitriles is 1. The number of fused-ring (bicyclic) bond motifs is 1. The van der Waals surface area contributed by atoms with Crippen LogP contribution >= 0.6 is 0 Å². The number of allylic oxidation sites excluding steroid dienone is 1. The molecule has 0 radical (unpaired) electrons. The molecule has 0 aliphatic heterocycles. The predicted octanol–water partition coefficient (Wildman–Crippen LogP) is 2.76. The summed E-state index contributed by atoms with van der Waals surface area (Å²) >= 11 is 0. The molecule has 0 N–H and O–H groups in total. The highest BCUT2D eigenvalue weighted by Crippen LogP contribution is 2.18. The standard InChI is InChI=1S/C23H19N5O2/c1-3-12-27-22(29)20-21(28(23(27)30)19-11-7-4-8-16(19)2)25-15-26(20)14-18-10-6-5-9-17(18)13-24/h3-11,15H,1,12,14H2,2H3. The number of nitrogens with zero attached hydrogens (tertiary/aromatic N) is 5. The number of rotatable bonds is 5. The molecule has 7 heteroatoms. The van der Waals surface area contributed by atoms with Crippen LogP contribution in [0.25, 0.3) is 16.9 Å². The van der Waals surface area contributed by atoms with Gasteiger partial charge in [-0.1, -0.05) is 42.5 Å². The van der Waals surface area contributed by atoms with Crippen molar-refractivity contribution in [1.29, 1.82) is 5.26 Å². The Morgan fingerprint density at radius 1 is 1.13 bits per heavy atom. The van der Waals surface area contributed by atoms with Gasteiger partial charge in [0.2, 0.25) is 0 Å². The van der Waals surface area contributed by atoms with Crippen molar-refractivity contribution in [3.05, 3.63) is 105 Å². The topological polar surface area (TPSA) is 85.6 Å². The first-order valence-corrected chi connectivity index (χ1v) is 9.42. The van der Waals surface area contributed by atoms with Gasteiger partial charge in [-0.05, 0) is 30.2 Å². The van der Waals surface area contributed by atoms with E-state index >= 15 is 0 Å². The summed E-state index contributed by atoms with van der Waals surface area (Å²) in [6.07, 6.45) is 3.05. The number of aryl methyl sites for hydroxylation is 1. The highest BCUT2D eigenvalue weighted by molar-refractivity contribution is 5.73. The van der Waals surface area contributed by atoms with Crippen LogP contribution in [-0.4, -0.2) is 18.7 Å². The van der Waals surface area contributed by atoms with Crippen LogP contribution in [-0.2, 0) is 13.1 Å².